The molecule has 7 heteroatoms. The number of aryl methyl sites for hydroxylation is 1. The Hall–Kier alpha value is -2.69. The van der Waals surface area contributed by atoms with Gasteiger partial charge in [-0.15, -0.1) is 0 Å². The van der Waals surface area contributed by atoms with E-state index in [0.29, 0.717) is 32.7 Å². The van der Waals surface area contributed by atoms with E-state index in [-0.39, 0.29) is 0 Å². The minimum absolute atomic E-state index is 0.413. The first kappa shape index (κ1) is 17.1. The van der Waals surface area contributed by atoms with Crippen molar-refractivity contribution >= 4 is 5.91 Å². The van der Waals surface area contributed by atoms with Crippen LogP contribution in [0, 0.1) is 11.3 Å². The Balaban J connectivity index is 1.82. The highest BCUT2D eigenvalue weighted by Gasteiger charge is 2.25. The van der Waals surface area contributed by atoms with Crippen molar-refractivity contribution in [1.29, 1.82) is 5.26 Å². The van der Waals surface area contributed by atoms with E-state index in [1.807, 2.05) is 41.2 Å². The van der Waals surface area contributed by atoms with Gasteiger partial charge in [0.15, 0.2) is 0 Å². The number of primary amides is 1. The number of hydrogen-bond acceptors (Lipinski definition) is 5. The van der Waals surface area contributed by atoms with E-state index in [2.05, 4.69) is 16.1 Å². The van der Waals surface area contributed by atoms with Gasteiger partial charge in [-0.1, -0.05) is 30.3 Å². The Morgan fingerprint density at radius 1 is 1.40 bits per heavy atom. The minimum Gasteiger partial charge on any atom is -0.367 e. The van der Waals surface area contributed by atoms with Crippen molar-refractivity contribution in [3.8, 4) is 17.3 Å². The van der Waals surface area contributed by atoms with Gasteiger partial charge in [0.1, 0.15) is 6.10 Å². The molecule has 1 aromatic heterocycles. The lowest BCUT2D eigenvalue weighted by atomic mass is 10.1. The van der Waals surface area contributed by atoms with Gasteiger partial charge >= 0.3 is 0 Å². The van der Waals surface area contributed by atoms with Gasteiger partial charge < -0.3 is 10.5 Å². The molecule has 3 rings (SSSR count). The number of morpholine rings is 1. The first-order valence-corrected chi connectivity index (χ1v) is 8.29. The highest BCUT2D eigenvalue weighted by Crippen LogP contribution is 2.24. The number of aromatic nitrogens is 2. The maximum Gasteiger partial charge on any atom is 0.247 e. The van der Waals surface area contributed by atoms with Crippen LogP contribution in [0.4, 0.5) is 0 Å². The zero-order valence-corrected chi connectivity index (χ0v) is 14.0. The molecule has 1 aliphatic heterocycles. The molecule has 7 nitrogen and oxygen atoms in total. The molecule has 0 bridgehead atoms. The summed E-state index contributed by atoms with van der Waals surface area (Å²) in [6.07, 6.45) is 1.83. The Labute approximate surface area is 146 Å². The van der Waals surface area contributed by atoms with Crippen LogP contribution in [0.5, 0.6) is 0 Å². The maximum atomic E-state index is 11.4. The molecule has 1 atom stereocenters. The smallest absolute Gasteiger partial charge is 0.247 e. The van der Waals surface area contributed by atoms with Gasteiger partial charge in [0.2, 0.25) is 5.91 Å². The molecule has 2 N–H and O–H groups in total. The molecule has 0 spiro atoms. The summed E-state index contributed by atoms with van der Waals surface area (Å²) in [5.74, 6) is -0.433. The van der Waals surface area contributed by atoms with Crippen molar-refractivity contribution in [2.75, 3.05) is 19.7 Å². The molecule has 0 saturated carbocycles. The zero-order chi connectivity index (χ0) is 17.6. The average molecular weight is 339 g/mol. The number of nitrogens with two attached hydrogens (primary N) is 1. The molecule has 130 valence electrons. The van der Waals surface area contributed by atoms with E-state index < -0.39 is 12.0 Å². The van der Waals surface area contributed by atoms with Gasteiger partial charge in [-0.25, -0.2) is 0 Å². The van der Waals surface area contributed by atoms with Crippen LogP contribution in [0.3, 0.4) is 0 Å². The van der Waals surface area contributed by atoms with Crippen LogP contribution >= 0.6 is 0 Å². The van der Waals surface area contributed by atoms with Crippen LogP contribution in [-0.2, 0) is 22.6 Å². The second kappa shape index (κ2) is 7.92. The number of nitriles is 1. The Morgan fingerprint density at radius 2 is 2.20 bits per heavy atom. The summed E-state index contributed by atoms with van der Waals surface area (Å²) >= 11 is 0. The first-order chi connectivity index (χ1) is 12.2. The van der Waals surface area contributed by atoms with Crippen LogP contribution in [0.1, 0.15) is 12.0 Å². The second-order valence-electron chi connectivity index (χ2n) is 6.04. The van der Waals surface area contributed by atoms with E-state index in [9.17, 15) is 4.79 Å². The molecule has 1 fully saturated rings. The van der Waals surface area contributed by atoms with Gasteiger partial charge in [-0.2, -0.15) is 10.4 Å². The number of rotatable bonds is 6. The highest BCUT2D eigenvalue weighted by molar-refractivity contribution is 5.79. The largest absolute Gasteiger partial charge is 0.367 e. The number of carbonyl (C=O) groups is 1. The molecule has 1 unspecified atom stereocenters. The molecule has 0 radical (unpaired) electrons. The Morgan fingerprint density at radius 3 is 2.92 bits per heavy atom. The number of ether oxygens (including phenoxy) is 1. The van der Waals surface area contributed by atoms with Gasteiger partial charge in [0, 0.05) is 37.0 Å². The maximum absolute atomic E-state index is 11.4. The summed E-state index contributed by atoms with van der Waals surface area (Å²) in [6, 6.07) is 12.1. The van der Waals surface area contributed by atoms with Gasteiger partial charge in [-0.3, -0.25) is 14.4 Å². The number of nitrogens with zero attached hydrogens (tertiary/aromatic N) is 4. The lowest BCUT2D eigenvalue weighted by molar-refractivity contribution is -0.135. The van der Waals surface area contributed by atoms with Crippen LogP contribution < -0.4 is 5.73 Å². The van der Waals surface area contributed by atoms with E-state index >= 15 is 0 Å². The van der Waals surface area contributed by atoms with Crippen LogP contribution in [0.15, 0.2) is 36.5 Å². The average Bonchev–Trinajstić information content (AvgIpc) is 3.03. The molecule has 2 heterocycles. The lowest BCUT2D eigenvalue weighted by Crippen LogP contribution is -2.47. The van der Waals surface area contributed by atoms with Gasteiger partial charge in [-0.05, 0) is 0 Å². The molecule has 1 aromatic carbocycles. The number of carbonyl (C=O) groups excluding carboxylic acids is 1. The van der Waals surface area contributed by atoms with E-state index in [1.54, 1.807) is 0 Å². The second-order valence-corrected chi connectivity index (χ2v) is 6.04. The summed E-state index contributed by atoms with van der Waals surface area (Å²) in [7, 11) is 0. The number of amides is 1. The first-order valence-electron chi connectivity index (χ1n) is 8.29. The lowest BCUT2D eigenvalue weighted by Gasteiger charge is -2.31. The highest BCUT2D eigenvalue weighted by atomic mass is 16.5. The molecule has 1 saturated heterocycles. The summed E-state index contributed by atoms with van der Waals surface area (Å²) in [4.78, 5) is 13.5. The predicted molar refractivity (Wildman–Crippen MR) is 92.1 cm³/mol. The Kier molecular flexibility index (Phi) is 5.43. The fourth-order valence-electron chi connectivity index (χ4n) is 2.96. The fraction of sp³-hybridized carbons (Fsp3) is 0.389. The molecular formula is C18H21N5O2. The van der Waals surface area contributed by atoms with Crippen LogP contribution in [0.25, 0.3) is 11.3 Å². The van der Waals surface area contributed by atoms with Gasteiger partial charge in [0.05, 0.1) is 31.3 Å². The third-order valence-corrected chi connectivity index (χ3v) is 4.20. The summed E-state index contributed by atoms with van der Waals surface area (Å²) in [5.41, 5.74) is 8.37. The normalized spacial score (nSPS) is 18.0. The topological polar surface area (TPSA) is 97.2 Å². The third-order valence-electron chi connectivity index (χ3n) is 4.20. The van der Waals surface area contributed by atoms with E-state index in [0.717, 1.165) is 23.4 Å². The molecule has 25 heavy (non-hydrogen) atoms. The fourth-order valence-corrected chi connectivity index (χ4v) is 2.96. The third kappa shape index (κ3) is 4.24. The summed E-state index contributed by atoms with van der Waals surface area (Å²) in [5, 5.41) is 13.5. The van der Waals surface area contributed by atoms with Crippen LogP contribution in [-0.4, -0.2) is 46.4 Å². The zero-order valence-electron chi connectivity index (χ0n) is 14.0. The molecule has 1 amide bonds. The van der Waals surface area contributed by atoms with E-state index in [1.165, 1.54) is 0 Å². The minimum atomic E-state index is -0.567. The monoisotopic (exact) mass is 339 g/mol. The molecule has 1 aliphatic rings. The molecular weight excluding hydrogens is 318 g/mol. The molecule has 2 aromatic rings. The van der Waals surface area contributed by atoms with Crippen molar-refractivity contribution in [2.45, 2.75) is 25.6 Å². The number of hydrogen-bond donors (Lipinski definition) is 1. The quantitative estimate of drug-likeness (QED) is 0.851. The van der Waals surface area contributed by atoms with Crippen molar-refractivity contribution < 1.29 is 9.53 Å². The predicted octanol–water partition coefficient (Wildman–Crippen LogP) is 1.15. The van der Waals surface area contributed by atoms with Crippen LogP contribution in [0.2, 0.25) is 0 Å². The summed E-state index contributed by atoms with van der Waals surface area (Å²) < 4.78 is 7.22. The Bertz CT molecular complexity index is 766. The van der Waals surface area contributed by atoms with Crippen molar-refractivity contribution in [3.05, 3.63) is 42.1 Å². The standard InChI is InChI=1S/C18H21N5O2/c19-7-4-8-23-12-15(17(21-23)14-5-2-1-3-6-14)11-22-9-10-25-16(13-22)18(20)24/h1-3,5-6,12,16H,4,8-11,13H2,(H2,20,24). The van der Waals surface area contributed by atoms with Crippen molar-refractivity contribution in [1.82, 2.24) is 14.7 Å². The molecule has 0 aliphatic carbocycles. The van der Waals surface area contributed by atoms with Gasteiger partial charge in [0.25, 0.3) is 0 Å². The van der Waals surface area contributed by atoms with E-state index in [4.69, 9.17) is 15.7 Å². The van der Waals surface area contributed by atoms with Crippen molar-refractivity contribution in [3.63, 3.8) is 0 Å². The number of benzene rings is 1. The summed E-state index contributed by atoms with van der Waals surface area (Å²) in [6.45, 7) is 2.92. The SMILES string of the molecule is N#CCCn1cc(CN2CCOC(C(N)=O)C2)c(-c2ccccc2)n1. The van der Waals surface area contributed by atoms with Crippen molar-refractivity contribution in [2.24, 2.45) is 5.73 Å².